The summed E-state index contributed by atoms with van der Waals surface area (Å²) in [5.74, 6) is 0.760. The maximum absolute atomic E-state index is 9.19. The van der Waals surface area contributed by atoms with E-state index in [9.17, 15) is 5.11 Å². The SMILES string of the molecule is O[C@H]1CCN(CCCCCl)C1. The van der Waals surface area contributed by atoms with E-state index in [1.807, 2.05) is 0 Å². The molecule has 1 rings (SSSR count). The molecule has 0 aliphatic carbocycles. The van der Waals surface area contributed by atoms with Gasteiger partial charge in [0.15, 0.2) is 0 Å². The lowest BCUT2D eigenvalue weighted by Gasteiger charge is -2.13. The van der Waals surface area contributed by atoms with Crippen molar-refractivity contribution in [3.8, 4) is 0 Å². The van der Waals surface area contributed by atoms with Crippen molar-refractivity contribution < 1.29 is 5.11 Å². The second-order valence-electron chi connectivity index (χ2n) is 3.14. The lowest BCUT2D eigenvalue weighted by Crippen LogP contribution is -2.23. The number of unbranched alkanes of at least 4 members (excludes halogenated alkanes) is 1. The minimum atomic E-state index is -0.0778. The molecule has 1 saturated heterocycles. The fourth-order valence-electron chi connectivity index (χ4n) is 1.45. The molecule has 3 heteroatoms. The summed E-state index contributed by atoms with van der Waals surface area (Å²) in [4.78, 5) is 2.30. The van der Waals surface area contributed by atoms with Crippen LogP contribution >= 0.6 is 11.6 Å². The quantitative estimate of drug-likeness (QED) is 0.513. The predicted molar refractivity (Wildman–Crippen MR) is 47.0 cm³/mol. The molecule has 1 aliphatic rings. The highest BCUT2D eigenvalue weighted by Crippen LogP contribution is 2.09. The van der Waals surface area contributed by atoms with Crippen molar-refractivity contribution in [2.24, 2.45) is 0 Å². The van der Waals surface area contributed by atoms with E-state index in [0.717, 1.165) is 44.8 Å². The van der Waals surface area contributed by atoms with Crippen molar-refractivity contribution in [2.75, 3.05) is 25.5 Å². The number of aliphatic hydroxyl groups excluding tert-OH is 1. The predicted octanol–water partition coefficient (Wildman–Crippen LogP) is 1.07. The van der Waals surface area contributed by atoms with Crippen LogP contribution in [0, 0.1) is 0 Å². The molecule has 66 valence electrons. The van der Waals surface area contributed by atoms with E-state index in [0.29, 0.717) is 0 Å². The fraction of sp³-hybridized carbons (Fsp3) is 1.00. The second-order valence-corrected chi connectivity index (χ2v) is 3.52. The zero-order chi connectivity index (χ0) is 8.10. The molecule has 11 heavy (non-hydrogen) atoms. The largest absolute Gasteiger partial charge is 0.392 e. The molecule has 1 heterocycles. The number of likely N-dealkylation sites (tertiary alicyclic amines) is 1. The minimum Gasteiger partial charge on any atom is -0.392 e. The highest BCUT2D eigenvalue weighted by atomic mass is 35.5. The van der Waals surface area contributed by atoms with E-state index in [1.54, 1.807) is 0 Å². The Morgan fingerprint density at radius 1 is 1.45 bits per heavy atom. The zero-order valence-corrected chi connectivity index (χ0v) is 7.56. The number of hydrogen-bond donors (Lipinski definition) is 1. The molecule has 1 aliphatic heterocycles. The number of rotatable bonds is 4. The molecule has 0 radical (unpaired) electrons. The number of aliphatic hydroxyl groups is 1. The molecule has 0 amide bonds. The van der Waals surface area contributed by atoms with Crippen LogP contribution in [0.1, 0.15) is 19.3 Å². The zero-order valence-electron chi connectivity index (χ0n) is 6.80. The van der Waals surface area contributed by atoms with Crippen LogP contribution in [-0.2, 0) is 0 Å². The molecular weight excluding hydrogens is 162 g/mol. The molecule has 1 fully saturated rings. The van der Waals surface area contributed by atoms with Crippen LogP contribution < -0.4 is 0 Å². The Kier molecular flexibility index (Phi) is 4.20. The van der Waals surface area contributed by atoms with Crippen LogP contribution in [0.3, 0.4) is 0 Å². The second kappa shape index (κ2) is 4.96. The number of nitrogens with zero attached hydrogens (tertiary/aromatic N) is 1. The van der Waals surface area contributed by atoms with E-state index in [4.69, 9.17) is 11.6 Å². The molecular formula is C8H16ClNO. The first-order valence-corrected chi connectivity index (χ1v) is 4.83. The topological polar surface area (TPSA) is 23.5 Å². The third kappa shape index (κ3) is 3.41. The van der Waals surface area contributed by atoms with Crippen molar-refractivity contribution in [1.82, 2.24) is 4.90 Å². The number of halogens is 1. The molecule has 0 saturated carbocycles. The summed E-state index contributed by atoms with van der Waals surface area (Å²) < 4.78 is 0. The van der Waals surface area contributed by atoms with Gasteiger partial charge < -0.3 is 10.0 Å². The van der Waals surface area contributed by atoms with Crippen LogP contribution in [-0.4, -0.2) is 41.6 Å². The van der Waals surface area contributed by atoms with E-state index in [1.165, 1.54) is 0 Å². The van der Waals surface area contributed by atoms with Gasteiger partial charge in [0.25, 0.3) is 0 Å². The van der Waals surface area contributed by atoms with Crippen LogP contribution in [0.5, 0.6) is 0 Å². The molecule has 0 aromatic heterocycles. The molecule has 1 atom stereocenters. The van der Waals surface area contributed by atoms with E-state index in [2.05, 4.69) is 4.90 Å². The Morgan fingerprint density at radius 3 is 2.82 bits per heavy atom. The van der Waals surface area contributed by atoms with Gasteiger partial charge in [0.05, 0.1) is 6.10 Å². The van der Waals surface area contributed by atoms with Gasteiger partial charge in [-0.25, -0.2) is 0 Å². The molecule has 0 unspecified atom stereocenters. The Balaban J connectivity index is 1.99. The van der Waals surface area contributed by atoms with Crippen LogP contribution in [0.15, 0.2) is 0 Å². The maximum atomic E-state index is 9.19. The number of hydrogen-bond acceptors (Lipinski definition) is 2. The Morgan fingerprint density at radius 2 is 2.27 bits per heavy atom. The van der Waals surface area contributed by atoms with Gasteiger partial charge in [0, 0.05) is 19.0 Å². The molecule has 0 bridgehead atoms. The van der Waals surface area contributed by atoms with Crippen LogP contribution in [0.2, 0.25) is 0 Å². The fourth-order valence-corrected chi connectivity index (χ4v) is 1.63. The van der Waals surface area contributed by atoms with Crippen molar-refractivity contribution in [3.05, 3.63) is 0 Å². The first kappa shape index (κ1) is 9.30. The van der Waals surface area contributed by atoms with Crippen LogP contribution in [0.4, 0.5) is 0 Å². The van der Waals surface area contributed by atoms with Crippen molar-refractivity contribution in [2.45, 2.75) is 25.4 Å². The van der Waals surface area contributed by atoms with Crippen molar-refractivity contribution >= 4 is 11.6 Å². The van der Waals surface area contributed by atoms with Gasteiger partial charge in [-0.3, -0.25) is 0 Å². The van der Waals surface area contributed by atoms with Gasteiger partial charge in [0.1, 0.15) is 0 Å². The lowest BCUT2D eigenvalue weighted by atomic mass is 10.3. The standard InChI is InChI=1S/C8H16ClNO/c9-4-1-2-5-10-6-3-8(11)7-10/h8,11H,1-7H2/t8-/m0/s1. The molecule has 0 spiro atoms. The minimum absolute atomic E-state index is 0.0778. The van der Waals surface area contributed by atoms with Crippen molar-refractivity contribution in [1.29, 1.82) is 0 Å². The third-order valence-corrected chi connectivity index (χ3v) is 2.37. The first-order chi connectivity index (χ1) is 5.33. The van der Waals surface area contributed by atoms with Gasteiger partial charge in [-0.15, -0.1) is 11.6 Å². The average Bonchev–Trinajstić information content (AvgIpc) is 2.37. The molecule has 1 N–H and O–H groups in total. The van der Waals surface area contributed by atoms with Crippen LogP contribution in [0.25, 0.3) is 0 Å². The highest BCUT2D eigenvalue weighted by molar-refractivity contribution is 6.17. The van der Waals surface area contributed by atoms with Gasteiger partial charge in [-0.2, -0.15) is 0 Å². The smallest absolute Gasteiger partial charge is 0.0679 e. The molecule has 0 aromatic carbocycles. The third-order valence-electron chi connectivity index (χ3n) is 2.11. The Hall–Kier alpha value is 0.210. The van der Waals surface area contributed by atoms with E-state index < -0.39 is 0 Å². The van der Waals surface area contributed by atoms with Gasteiger partial charge in [0.2, 0.25) is 0 Å². The van der Waals surface area contributed by atoms with Gasteiger partial charge >= 0.3 is 0 Å². The summed E-state index contributed by atoms with van der Waals surface area (Å²) in [5, 5.41) is 9.19. The normalized spacial score (nSPS) is 26.2. The van der Waals surface area contributed by atoms with Gasteiger partial charge in [-0.1, -0.05) is 0 Å². The van der Waals surface area contributed by atoms with Gasteiger partial charge in [-0.05, 0) is 25.8 Å². The highest BCUT2D eigenvalue weighted by Gasteiger charge is 2.18. The first-order valence-electron chi connectivity index (χ1n) is 4.29. The summed E-state index contributed by atoms with van der Waals surface area (Å²) in [6, 6.07) is 0. The van der Waals surface area contributed by atoms with E-state index in [-0.39, 0.29) is 6.10 Å². The van der Waals surface area contributed by atoms with E-state index >= 15 is 0 Å². The summed E-state index contributed by atoms with van der Waals surface area (Å²) in [6.45, 7) is 3.02. The summed E-state index contributed by atoms with van der Waals surface area (Å²) in [7, 11) is 0. The number of β-amino-alcohol motifs (C(OH)–C–C–N with tert-alkyl or cyclic N) is 1. The Labute approximate surface area is 73.1 Å². The lowest BCUT2D eigenvalue weighted by molar-refractivity contribution is 0.176. The summed E-state index contributed by atoms with van der Waals surface area (Å²) in [6.07, 6.45) is 3.12. The molecule has 0 aromatic rings. The summed E-state index contributed by atoms with van der Waals surface area (Å²) in [5.41, 5.74) is 0. The monoisotopic (exact) mass is 177 g/mol. The number of alkyl halides is 1. The average molecular weight is 178 g/mol. The maximum Gasteiger partial charge on any atom is 0.0679 e. The van der Waals surface area contributed by atoms with Crippen molar-refractivity contribution in [3.63, 3.8) is 0 Å². The molecule has 2 nitrogen and oxygen atoms in total. The Bertz CT molecular complexity index is 110. The summed E-state index contributed by atoms with van der Waals surface area (Å²) >= 11 is 5.55.